The van der Waals surface area contributed by atoms with Crippen LogP contribution in [-0.4, -0.2) is 47.0 Å². The number of amides is 1. The molecule has 5 nitrogen and oxygen atoms in total. The van der Waals surface area contributed by atoms with E-state index in [1.165, 1.54) is 4.81 Å². The van der Waals surface area contributed by atoms with E-state index in [1.807, 2.05) is 13.8 Å². The number of nitrogens with one attached hydrogen (secondary N) is 1. The van der Waals surface area contributed by atoms with E-state index >= 15 is 0 Å². The minimum Gasteiger partial charge on any atom is -0.569 e. The van der Waals surface area contributed by atoms with Gasteiger partial charge in [0.2, 0.25) is 5.91 Å². The van der Waals surface area contributed by atoms with Gasteiger partial charge in [0.25, 0.3) is 0 Å². The zero-order valence-electron chi connectivity index (χ0n) is 9.90. The largest absolute Gasteiger partial charge is 1.00 e. The molecule has 3 N–H and O–H groups in total. The van der Waals surface area contributed by atoms with Crippen molar-refractivity contribution in [3.8, 4) is 0 Å². The molecule has 0 spiro atoms. The molecule has 0 bridgehead atoms. The molecule has 1 rings (SSSR count). The maximum Gasteiger partial charge on any atom is 1.00 e. The molecule has 0 radical (unpaired) electrons. The van der Waals surface area contributed by atoms with E-state index in [1.54, 1.807) is 7.05 Å². The molecule has 1 fully saturated rings. The molecule has 0 aliphatic carbocycles. The topological polar surface area (TPSA) is 72.8 Å². The molecule has 1 atom stereocenters. The number of likely N-dealkylation sites (N-methyl/N-ethyl adjacent to an activating group) is 1. The van der Waals surface area contributed by atoms with Gasteiger partial charge in [-0.05, 0) is 18.9 Å². The fourth-order valence-electron chi connectivity index (χ4n) is 1.78. The van der Waals surface area contributed by atoms with Crippen LogP contribution in [0.5, 0.6) is 0 Å². The van der Waals surface area contributed by atoms with Gasteiger partial charge in [-0.25, -0.2) is 0 Å². The molecule has 1 saturated heterocycles. The zero-order chi connectivity index (χ0) is 10.9. The summed E-state index contributed by atoms with van der Waals surface area (Å²) in [6, 6.07) is 0. The number of hydrogen-bond acceptors (Lipinski definition) is 4. The Bertz CT molecular complexity index is 238. The molecule has 1 aliphatic rings. The van der Waals surface area contributed by atoms with Crippen molar-refractivity contribution < 1.29 is 16.3 Å². The Hall–Kier alpha value is -0.585. The lowest BCUT2D eigenvalue weighted by molar-refractivity contribution is -0.123. The summed E-state index contributed by atoms with van der Waals surface area (Å²) in [4.78, 5) is 12.5. The summed E-state index contributed by atoms with van der Waals surface area (Å²) in [6.07, 6.45) is 0.572. The molecule has 6 heteroatoms. The maximum absolute atomic E-state index is 11.2. The van der Waals surface area contributed by atoms with E-state index in [4.69, 9.17) is 0 Å². The van der Waals surface area contributed by atoms with Gasteiger partial charge in [-0.1, -0.05) is 20.3 Å². The van der Waals surface area contributed by atoms with Crippen molar-refractivity contribution in [2.75, 3.05) is 13.6 Å². The van der Waals surface area contributed by atoms with Crippen LogP contribution in [-0.2, 0) is 4.79 Å². The molecule has 0 saturated carbocycles. The van der Waals surface area contributed by atoms with Gasteiger partial charge in [-0.3, -0.25) is 4.79 Å². The molecule has 0 aromatic rings. The molecular formula is C8H19BN2O3. The van der Waals surface area contributed by atoms with E-state index in [0.717, 1.165) is 0 Å². The standard InChI is InChI=1S/C8H18BN2O3/c1-6(2)4-7-9(13,14)11(3)5-8(12)10-7/h6-7,13-14H,4-5H2,1-3H3,(H,10,12)/q-1/p+1/t7-/m0/s1. The Morgan fingerprint density at radius 2 is 2.29 bits per heavy atom. The first kappa shape index (κ1) is 11.5. The average molecular weight is 202 g/mol. The second kappa shape index (κ2) is 3.88. The molecule has 0 unspecified atom stereocenters. The third kappa shape index (κ3) is 2.26. The fourth-order valence-corrected chi connectivity index (χ4v) is 1.78. The highest BCUT2D eigenvalue weighted by atomic mass is 16.4. The minimum absolute atomic E-state index is 0. The summed E-state index contributed by atoms with van der Waals surface area (Å²) < 4.78 is 0. The average Bonchev–Trinajstić information content (AvgIpc) is 1.99. The van der Waals surface area contributed by atoms with Crippen molar-refractivity contribution in [2.45, 2.75) is 26.2 Å². The third-order valence-electron chi connectivity index (χ3n) is 2.65. The monoisotopic (exact) mass is 202 g/mol. The van der Waals surface area contributed by atoms with Crippen molar-refractivity contribution in [3.63, 3.8) is 0 Å². The first-order valence-corrected chi connectivity index (χ1v) is 4.94. The number of rotatable bonds is 2. The Labute approximate surface area is 85.6 Å². The van der Waals surface area contributed by atoms with Gasteiger partial charge in [-0.2, -0.15) is 0 Å². The summed E-state index contributed by atoms with van der Waals surface area (Å²) in [5.74, 6) is -0.396. The van der Waals surface area contributed by atoms with Crippen molar-refractivity contribution in [3.05, 3.63) is 0 Å². The second-order valence-electron chi connectivity index (χ2n) is 4.51. The van der Waals surface area contributed by atoms with Crippen LogP contribution in [0.15, 0.2) is 0 Å². The van der Waals surface area contributed by atoms with Crippen LogP contribution in [0.1, 0.15) is 21.7 Å². The van der Waals surface area contributed by atoms with E-state index < -0.39 is 12.6 Å². The summed E-state index contributed by atoms with van der Waals surface area (Å²) in [5.41, 5.74) is 0. The van der Waals surface area contributed by atoms with E-state index in [-0.39, 0.29) is 13.9 Å². The molecule has 1 amide bonds. The lowest BCUT2D eigenvalue weighted by Crippen LogP contribution is -2.72. The number of nitrogens with zero attached hydrogens (tertiary/aromatic N) is 1. The van der Waals surface area contributed by atoms with Crippen LogP contribution >= 0.6 is 0 Å². The molecule has 0 aromatic heterocycles. The second-order valence-corrected chi connectivity index (χ2v) is 4.51. The van der Waals surface area contributed by atoms with Crippen LogP contribution < -0.4 is 5.32 Å². The highest BCUT2D eigenvalue weighted by Crippen LogP contribution is 2.17. The van der Waals surface area contributed by atoms with Crippen molar-refractivity contribution in [1.29, 1.82) is 0 Å². The molecule has 0 aromatic carbocycles. The Morgan fingerprint density at radius 3 is 2.79 bits per heavy atom. The van der Waals surface area contributed by atoms with Crippen LogP contribution in [0.2, 0.25) is 0 Å². The van der Waals surface area contributed by atoms with E-state index in [9.17, 15) is 14.8 Å². The van der Waals surface area contributed by atoms with Gasteiger partial charge in [0.1, 0.15) is 0 Å². The third-order valence-corrected chi connectivity index (χ3v) is 2.65. The molecule has 1 heterocycles. The van der Waals surface area contributed by atoms with Crippen molar-refractivity contribution in [1.82, 2.24) is 10.1 Å². The van der Waals surface area contributed by atoms with E-state index in [0.29, 0.717) is 12.3 Å². The smallest absolute Gasteiger partial charge is 0.569 e. The minimum atomic E-state index is -2.60. The number of carbonyl (C=O) groups is 1. The quantitative estimate of drug-likeness (QED) is 0.504. The first-order chi connectivity index (χ1) is 6.34. The van der Waals surface area contributed by atoms with Crippen LogP contribution in [0.4, 0.5) is 0 Å². The van der Waals surface area contributed by atoms with Crippen LogP contribution in [0.3, 0.4) is 0 Å². The summed E-state index contributed by atoms with van der Waals surface area (Å²) >= 11 is 0. The summed E-state index contributed by atoms with van der Waals surface area (Å²) in [6.45, 7) is 1.40. The first-order valence-electron chi connectivity index (χ1n) is 4.94. The normalized spacial score (nSPS) is 27.9. The van der Waals surface area contributed by atoms with Gasteiger partial charge in [0, 0.05) is 6.54 Å². The van der Waals surface area contributed by atoms with Gasteiger partial charge < -0.3 is 20.2 Å². The Kier molecular flexibility index (Phi) is 3.19. The predicted octanol–water partition coefficient (Wildman–Crippen LogP) is -0.962. The van der Waals surface area contributed by atoms with Crippen LogP contribution in [0, 0.1) is 5.92 Å². The molecular weight excluding hydrogens is 183 g/mol. The number of hydrogen-bond donors (Lipinski definition) is 3. The van der Waals surface area contributed by atoms with Crippen LogP contribution in [0.25, 0.3) is 0 Å². The SMILES string of the molecule is CC(C)C[C@@H]1NC(=O)CN(C)[B-]1(O)O.[H+]. The highest BCUT2D eigenvalue weighted by Gasteiger charge is 2.40. The number of carbonyl (C=O) groups excluding carboxylic acids is 1. The van der Waals surface area contributed by atoms with E-state index in [2.05, 4.69) is 5.32 Å². The maximum atomic E-state index is 11.2. The predicted molar refractivity (Wildman–Crippen MR) is 55.3 cm³/mol. The molecule has 1 aliphatic heterocycles. The highest BCUT2D eigenvalue weighted by molar-refractivity contribution is 6.64. The Morgan fingerprint density at radius 1 is 1.71 bits per heavy atom. The van der Waals surface area contributed by atoms with Gasteiger partial charge >= 0.3 is 8.11 Å². The zero-order valence-corrected chi connectivity index (χ0v) is 8.90. The lowest BCUT2D eigenvalue weighted by atomic mass is 9.58. The molecule has 14 heavy (non-hydrogen) atoms. The summed E-state index contributed by atoms with van der Waals surface area (Å²) in [5, 5.41) is 22.2. The van der Waals surface area contributed by atoms with Gasteiger partial charge in [0.05, 0.1) is 0 Å². The van der Waals surface area contributed by atoms with Crippen molar-refractivity contribution in [2.24, 2.45) is 5.92 Å². The lowest BCUT2D eigenvalue weighted by Gasteiger charge is -2.49. The van der Waals surface area contributed by atoms with Crippen molar-refractivity contribution >= 4 is 12.6 Å². The summed E-state index contributed by atoms with van der Waals surface area (Å²) in [7, 11) is 1.55. The fraction of sp³-hybridized carbons (Fsp3) is 0.875. The van der Waals surface area contributed by atoms with Gasteiger partial charge in [-0.15, -0.1) is 0 Å². The molecule has 82 valence electrons. The Balaban J connectivity index is 0.00000196. The van der Waals surface area contributed by atoms with Gasteiger partial charge in [0.15, 0.2) is 0 Å².